The molecule has 2 aliphatic rings. The maximum atomic E-state index is 9.08. The van der Waals surface area contributed by atoms with E-state index in [1.54, 1.807) is 0 Å². The Bertz CT molecular complexity index is 2440. The molecule has 0 nitrogen and oxygen atoms in total. The van der Waals surface area contributed by atoms with Crippen molar-refractivity contribution in [1.82, 2.24) is 0 Å². The van der Waals surface area contributed by atoms with Crippen LogP contribution in [0.4, 0.5) is 0 Å². The van der Waals surface area contributed by atoms with Crippen LogP contribution in [0.1, 0.15) is 82.2 Å². The molecule has 0 aliphatic heterocycles. The molecule has 8 rings (SSSR count). The maximum absolute atomic E-state index is 9.08. The second-order valence-corrected chi connectivity index (χ2v) is 61.8. The number of hydrogen-bond acceptors (Lipinski definition) is 0. The summed E-state index contributed by atoms with van der Waals surface area (Å²) in [6.45, 7) is 23.7. The van der Waals surface area contributed by atoms with Gasteiger partial charge < -0.3 is 0 Å². The molecule has 0 saturated carbocycles. The van der Waals surface area contributed by atoms with Gasteiger partial charge in [-0.3, -0.25) is 0 Å². The number of aryl methyl sites for hydroxylation is 2. The summed E-state index contributed by atoms with van der Waals surface area (Å²) in [6.07, 6.45) is 5.07. The third-order valence-corrected chi connectivity index (χ3v) is 64.9. The van der Waals surface area contributed by atoms with Gasteiger partial charge in [-0.25, -0.2) is 0 Å². The first-order chi connectivity index (χ1) is 27.4. The van der Waals surface area contributed by atoms with E-state index in [0.717, 1.165) is 0 Å². The van der Waals surface area contributed by atoms with E-state index in [1.807, 2.05) is 0 Å². The predicted molar refractivity (Wildman–Crippen MR) is 255 cm³/mol. The molecule has 58 heavy (non-hydrogen) atoms. The van der Waals surface area contributed by atoms with E-state index in [-0.39, 0.29) is 18.1 Å². The molecule has 0 radical (unpaired) electrons. The minimum absolute atomic E-state index is 0.0299. The summed E-state index contributed by atoms with van der Waals surface area (Å²) in [5.74, 6) is -1.82. The number of fused-ring (bicyclic) bond motifs is 2. The molecule has 0 aromatic heterocycles. The zero-order valence-corrected chi connectivity index (χ0v) is 41.0. The number of hydrogen-bond donors (Lipinski definition) is 0. The van der Waals surface area contributed by atoms with Crippen LogP contribution >= 0.6 is 17.0 Å². The van der Waals surface area contributed by atoms with Gasteiger partial charge in [-0.2, -0.15) is 0 Å². The van der Waals surface area contributed by atoms with E-state index >= 15 is 0 Å². The molecule has 0 N–H and O–H groups in total. The van der Waals surface area contributed by atoms with E-state index in [4.69, 9.17) is 17.0 Å². The average Bonchev–Trinajstić information content (AvgIpc) is 3.81. The van der Waals surface area contributed by atoms with Crippen LogP contribution in [-0.2, 0) is 15.6 Å². The van der Waals surface area contributed by atoms with Gasteiger partial charge in [-0.15, -0.1) is 0 Å². The van der Waals surface area contributed by atoms with Crippen molar-refractivity contribution >= 4 is 35.1 Å². The quantitative estimate of drug-likeness (QED) is 0.140. The SMILES string of the molecule is Cc1ccc2c(c1-c1ccccc1-c1ccccc1)C=C(C(C)(C)C)[CH]2[Zr]([Cl])([Cl])([CH]1C(C(C)(C)C)=Cc2c1ccc(C)c2-c1ccccc1-c1ccccc1)[SiH](C)C. The van der Waals surface area contributed by atoms with E-state index in [0.29, 0.717) is 0 Å². The van der Waals surface area contributed by atoms with Crippen LogP contribution in [0.3, 0.4) is 0 Å². The van der Waals surface area contributed by atoms with Crippen molar-refractivity contribution in [2.45, 2.75) is 75.7 Å². The van der Waals surface area contributed by atoms with E-state index in [9.17, 15) is 0 Å². The van der Waals surface area contributed by atoms with Gasteiger partial charge in [-0.1, -0.05) is 0 Å². The van der Waals surface area contributed by atoms with Crippen LogP contribution in [-0.4, -0.2) is 5.92 Å². The summed E-state index contributed by atoms with van der Waals surface area (Å²) in [7, 11) is 18.2. The molecule has 295 valence electrons. The van der Waals surface area contributed by atoms with Gasteiger partial charge in [0.25, 0.3) is 0 Å². The molecule has 0 spiro atoms. The van der Waals surface area contributed by atoms with E-state index in [2.05, 4.69) is 214 Å². The zero-order chi connectivity index (χ0) is 41.4. The molecule has 0 heterocycles. The van der Waals surface area contributed by atoms with Crippen molar-refractivity contribution in [2.75, 3.05) is 0 Å². The Morgan fingerprint density at radius 2 is 0.776 bits per heavy atom. The first kappa shape index (κ1) is 41.2. The molecule has 6 aromatic carbocycles. The molecule has 0 amide bonds. The number of benzene rings is 6. The van der Waals surface area contributed by atoms with Gasteiger partial charge in [0.1, 0.15) is 0 Å². The van der Waals surface area contributed by atoms with Crippen LogP contribution in [0.25, 0.3) is 56.7 Å². The second kappa shape index (κ2) is 14.9. The summed E-state index contributed by atoms with van der Waals surface area (Å²) in [4.78, 5) is 0. The first-order valence-corrected chi connectivity index (χ1v) is 37.3. The Morgan fingerprint density at radius 3 is 1.10 bits per heavy atom. The third kappa shape index (κ3) is 6.66. The Hall–Kier alpha value is -3.52. The summed E-state index contributed by atoms with van der Waals surface area (Å²) in [6, 6.07) is 49.0. The van der Waals surface area contributed by atoms with Crippen molar-refractivity contribution in [3.05, 3.63) is 178 Å². The molecular weight excluding hydrogens is 839 g/mol. The van der Waals surface area contributed by atoms with Crippen LogP contribution in [0.5, 0.6) is 0 Å². The van der Waals surface area contributed by atoms with E-state index in [1.165, 1.54) is 89.0 Å². The Kier molecular flexibility index (Phi) is 10.6. The van der Waals surface area contributed by atoms with Gasteiger partial charge in [0.15, 0.2) is 0 Å². The summed E-state index contributed by atoms with van der Waals surface area (Å²) < 4.78 is -0.0597. The Morgan fingerprint density at radius 1 is 0.448 bits per heavy atom. The fraction of sp³-hybridized carbons (Fsp3) is 0.259. The normalized spacial score (nSPS) is 17.4. The van der Waals surface area contributed by atoms with Crippen molar-refractivity contribution in [2.24, 2.45) is 10.8 Å². The van der Waals surface area contributed by atoms with Crippen LogP contribution in [0.15, 0.2) is 145 Å². The van der Waals surface area contributed by atoms with Crippen molar-refractivity contribution in [3.63, 3.8) is 0 Å². The Labute approximate surface area is 356 Å². The van der Waals surface area contributed by atoms with Gasteiger partial charge in [-0.05, 0) is 0 Å². The molecule has 4 heteroatoms. The number of rotatable bonds is 7. The van der Waals surface area contributed by atoms with Crippen LogP contribution < -0.4 is 0 Å². The molecule has 6 aromatic rings. The second-order valence-electron chi connectivity index (χ2n) is 19.3. The van der Waals surface area contributed by atoms with Crippen molar-refractivity contribution in [1.29, 1.82) is 0 Å². The summed E-state index contributed by atoms with van der Waals surface area (Å²) in [5, 5.41) is 0. The van der Waals surface area contributed by atoms with Gasteiger partial charge in [0.2, 0.25) is 0 Å². The number of halogens is 2. The minimum atomic E-state index is -5.19. The zero-order valence-electron chi connectivity index (χ0n) is 35.8. The number of allylic oxidation sites excluding steroid dienone is 2. The fourth-order valence-electron chi connectivity index (χ4n) is 10.3. The van der Waals surface area contributed by atoms with Crippen LogP contribution in [0, 0.1) is 24.7 Å². The predicted octanol–water partition coefficient (Wildman–Crippen LogP) is 16.6. The average molecular weight is 896 g/mol. The Balaban J connectivity index is 1.41. The molecule has 0 fully saturated rings. The first-order valence-electron chi connectivity index (χ1n) is 21.0. The monoisotopic (exact) mass is 893 g/mol. The molecule has 0 bridgehead atoms. The van der Waals surface area contributed by atoms with Gasteiger partial charge in [0, 0.05) is 0 Å². The molecule has 2 aliphatic carbocycles. The molecular formula is C54H57Cl2SiZr. The van der Waals surface area contributed by atoms with Crippen molar-refractivity contribution in [3.8, 4) is 44.5 Å². The topological polar surface area (TPSA) is 0 Å². The van der Waals surface area contributed by atoms with E-state index < -0.39 is 21.5 Å². The van der Waals surface area contributed by atoms with Crippen LogP contribution in [0.2, 0.25) is 13.1 Å². The molecule has 2 atom stereocenters. The molecule has 2 unspecified atom stereocenters. The molecule has 0 saturated heterocycles. The standard InChI is InChI=1S/2C26H25.C2H7Si.2ClH.Zr/c2*1-18-14-15-20-16-21(26(2,3)4)17-24(20)25(18)23-13-9-8-12-22(23)19-10-6-5-7-11-19;1-3-2;;;/h2*5-17H,1-4H3;3H,1-2H3;2*1H;/q;;;;;+2/p-2. The summed E-state index contributed by atoms with van der Waals surface area (Å²) >= 11 is -5.19. The van der Waals surface area contributed by atoms with Gasteiger partial charge in [0.05, 0.1) is 0 Å². The van der Waals surface area contributed by atoms with Crippen molar-refractivity contribution < 1.29 is 15.6 Å². The third-order valence-electron chi connectivity index (χ3n) is 13.3. The van der Waals surface area contributed by atoms with Gasteiger partial charge >= 0.3 is 360 Å². The summed E-state index contributed by atoms with van der Waals surface area (Å²) in [5.41, 5.74) is 20.3. The fourth-order valence-corrected chi connectivity index (χ4v) is 41.7.